The molecule has 0 fully saturated rings. The van der Waals surface area contributed by atoms with Crippen LogP contribution >= 0.6 is 11.3 Å². The quantitative estimate of drug-likeness (QED) is 0.341. The standard InChI is InChI=1S/C27H31N5O3S/c1-5-27(2,3)28-26(34)25(19-12-14-20(35-4)15-13-19)31(17-21-9-8-16-36-21)24(33)18-32-23-11-7-6-10-22(23)29-30-32/h6-16,25H,5,17-18H2,1-4H3,(H,28,34). The van der Waals surface area contributed by atoms with Crippen molar-refractivity contribution in [3.63, 3.8) is 0 Å². The molecule has 2 heterocycles. The minimum Gasteiger partial charge on any atom is -0.497 e. The number of para-hydroxylation sites is 1. The largest absolute Gasteiger partial charge is 0.497 e. The molecule has 1 atom stereocenters. The number of amides is 2. The topological polar surface area (TPSA) is 89.4 Å². The first-order valence-electron chi connectivity index (χ1n) is 11.9. The predicted molar refractivity (Wildman–Crippen MR) is 141 cm³/mol. The van der Waals surface area contributed by atoms with E-state index in [2.05, 4.69) is 15.6 Å². The van der Waals surface area contributed by atoms with E-state index < -0.39 is 11.6 Å². The van der Waals surface area contributed by atoms with Crippen LogP contribution < -0.4 is 10.1 Å². The van der Waals surface area contributed by atoms with Crippen molar-refractivity contribution in [2.24, 2.45) is 0 Å². The van der Waals surface area contributed by atoms with Crippen LogP contribution in [-0.2, 0) is 22.7 Å². The lowest BCUT2D eigenvalue weighted by atomic mass is 9.98. The second-order valence-electron chi connectivity index (χ2n) is 9.24. The molecule has 188 valence electrons. The van der Waals surface area contributed by atoms with Crippen molar-refractivity contribution < 1.29 is 14.3 Å². The fourth-order valence-corrected chi connectivity index (χ4v) is 4.60. The summed E-state index contributed by atoms with van der Waals surface area (Å²) in [6.07, 6.45) is 0.748. The number of carbonyl (C=O) groups is 2. The van der Waals surface area contributed by atoms with Crippen LogP contribution in [0, 0.1) is 0 Å². The summed E-state index contributed by atoms with van der Waals surface area (Å²) in [5, 5.41) is 13.5. The van der Waals surface area contributed by atoms with Crippen LogP contribution in [-0.4, -0.2) is 44.4 Å². The van der Waals surface area contributed by atoms with E-state index in [0.717, 1.165) is 16.8 Å². The third-order valence-electron chi connectivity index (χ3n) is 6.27. The third kappa shape index (κ3) is 5.73. The Balaban J connectivity index is 1.74. The molecule has 0 aliphatic rings. The van der Waals surface area contributed by atoms with Crippen molar-refractivity contribution in [3.05, 3.63) is 76.5 Å². The van der Waals surface area contributed by atoms with Gasteiger partial charge in [0.25, 0.3) is 0 Å². The van der Waals surface area contributed by atoms with Gasteiger partial charge in [-0.1, -0.05) is 42.5 Å². The van der Waals surface area contributed by atoms with Crippen molar-refractivity contribution in [1.29, 1.82) is 0 Å². The molecule has 36 heavy (non-hydrogen) atoms. The van der Waals surface area contributed by atoms with Gasteiger partial charge in [0, 0.05) is 10.4 Å². The van der Waals surface area contributed by atoms with Gasteiger partial charge in [-0.25, -0.2) is 4.68 Å². The lowest BCUT2D eigenvalue weighted by Gasteiger charge is -2.34. The lowest BCUT2D eigenvalue weighted by Crippen LogP contribution is -2.50. The maximum atomic E-state index is 13.9. The Labute approximate surface area is 214 Å². The number of ether oxygens (including phenoxy) is 1. The number of hydrogen-bond donors (Lipinski definition) is 1. The van der Waals surface area contributed by atoms with Gasteiger partial charge < -0.3 is 15.0 Å². The van der Waals surface area contributed by atoms with E-state index in [1.54, 1.807) is 40.2 Å². The van der Waals surface area contributed by atoms with E-state index in [-0.39, 0.29) is 18.4 Å². The molecule has 0 aliphatic carbocycles. The Morgan fingerprint density at radius 1 is 1.11 bits per heavy atom. The molecule has 0 aliphatic heterocycles. The highest BCUT2D eigenvalue weighted by Gasteiger charge is 2.34. The lowest BCUT2D eigenvalue weighted by molar-refractivity contribution is -0.142. The first-order chi connectivity index (χ1) is 17.3. The average molecular weight is 506 g/mol. The maximum Gasteiger partial charge on any atom is 0.247 e. The molecule has 4 aromatic rings. The SMILES string of the molecule is CCC(C)(C)NC(=O)C(c1ccc(OC)cc1)N(Cc1cccs1)C(=O)Cn1nnc2ccccc21. The zero-order valence-corrected chi connectivity index (χ0v) is 21.8. The second-order valence-corrected chi connectivity index (χ2v) is 10.3. The van der Waals surface area contributed by atoms with E-state index >= 15 is 0 Å². The smallest absolute Gasteiger partial charge is 0.247 e. The molecule has 4 rings (SSSR count). The Morgan fingerprint density at radius 2 is 1.86 bits per heavy atom. The molecule has 0 saturated heterocycles. The number of nitrogens with zero attached hydrogens (tertiary/aromatic N) is 4. The molecule has 9 heteroatoms. The minimum absolute atomic E-state index is 0.0387. The number of nitrogens with one attached hydrogen (secondary N) is 1. The molecule has 0 spiro atoms. The van der Waals surface area contributed by atoms with Crippen molar-refractivity contribution >= 4 is 34.2 Å². The normalized spacial score (nSPS) is 12.3. The first-order valence-corrected chi connectivity index (χ1v) is 12.8. The molecule has 0 radical (unpaired) electrons. The molecule has 8 nitrogen and oxygen atoms in total. The molecule has 2 aromatic heterocycles. The monoisotopic (exact) mass is 505 g/mol. The second kappa shape index (κ2) is 10.9. The minimum atomic E-state index is -0.842. The summed E-state index contributed by atoms with van der Waals surface area (Å²) in [5.74, 6) is 0.210. The van der Waals surface area contributed by atoms with Gasteiger partial charge in [-0.05, 0) is 61.5 Å². The molecular weight excluding hydrogens is 474 g/mol. The van der Waals surface area contributed by atoms with Crippen LogP contribution in [0.25, 0.3) is 11.0 Å². The van der Waals surface area contributed by atoms with E-state index in [0.29, 0.717) is 23.4 Å². The molecular formula is C27H31N5O3S. The summed E-state index contributed by atoms with van der Waals surface area (Å²) in [7, 11) is 1.60. The highest BCUT2D eigenvalue weighted by molar-refractivity contribution is 7.09. The summed E-state index contributed by atoms with van der Waals surface area (Å²) in [6.45, 7) is 6.22. The van der Waals surface area contributed by atoms with Gasteiger partial charge in [0.2, 0.25) is 11.8 Å². The van der Waals surface area contributed by atoms with Crippen molar-refractivity contribution in [2.75, 3.05) is 7.11 Å². The predicted octanol–water partition coefficient (Wildman–Crippen LogP) is 4.58. The molecule has 1 N–H and O–H groups in total. The molecule has 2 aromatic carbocycles. The Morgan fingerprint density at radius 3 is 2.53 bits per heavy atom. The fourth-order valence-electron chi connectivity index (χ4n) is 3.90. The van der Waals surface area contributed by atoms with Gasteiger partial charge in [-0.2, -0.15) is 0 Å². The van der Waals surface area contributed by atoms with E-state index in [9.17, 15) is 9.59 Å². The number of aromatic nitrogens is 3. The number of fused-ring (bicyclic) bond motifs is 1. The first kappa shape index (κ1) is 25.4. The van der Waals surface area contributed by atoms with Crippen LogP contribution in [0.2, 0.25) is 0 Å². The summed E-state index contributed by atoms with van der Waals surface area (Å²) < 4.78 is 6.90. The number of hydrogen-bond acceptors (Lipinski definition) is 6. The van der Waals surface area contributed by atoms with Crippen LogP contribution in [0.1, 0.15) is 43.7 Å². The van der Waals surface area contributed by atoms with E-state index in [1.165, 1.54) is 0 Å². The molecule has 0 saturated carbocycles. The summed E-state index contributed by atoms with van der Waals surface area (Å²) in [5.41, 5.74) is 1.75. The van der Waals surface area contributed by atoms with Crippen LogP contribution in [0.3, 0.4) is 0 Å². The highest BCUT2D eigenvalue weighted by Crippen LogP contribution is 2.28. The van der Waals surface area contributed by atoms with Crippen molar-refractivity contribution in [3.8, 4) is 5.75 Å². The van der Waals surface area contributed by atoms with Gasteiger partial charge in [-0.15, -0.1) is 16.4 Å². The Bertz CT molecular complexity index is 1310. The van der Waals surface area contributed by atoms with Crippen LogP contribution in [0.4, 0.5) is 0 Å². The summed E-state index contributed by atoms with van der Waals surface area (Å²) >= 11 is 1.55. The van der Waals surface area contributed by atoms with Gasteiger partial charge >= 0.3 is 0 Å². The molecule has 2 amide bonds. The summed E-state index contributed by atoms with van der Waals surface area (Å²) in [6, 6.07) is 17.8. The van der Waals surface area contributed by atoms with Crippen LogP contribution in [0.15, 0.2) is 66.0 Å². The van der Waals surface area contributed by atoms with E-state index in [1.807, 2.05) is 74.7 Å². The fraction of sp³-hybridized carbons (Fsp3) is 0.333. The van der Waals surface area contributed by atoms with Crippen molar-refractivity contribution in [2.45, 2.75) is 51.9 Å². The summed E-state index contributed by atoms with van der Waals surface area (Å²) in [4.78, 5) is 30.3. The van der Waals surface area contributed by atoms with Gasteiger partial charge in [0.05, 0.1) is 19.2 Å². The van der Waals surface area contributed by atoms with Gasteiger partial charge in [0.1, 0.15) is 23.9 Å². The van der Waals surface area contributed by atoms with Crippen LogP contribution in [0.5, 0.6) is 5.75 Å². The molecule has 1 unspecified atom stereocenters. The van der Waals surface area contributed by atoms with E-state index in [4.69, 9.17) is 4.74 Å². The maximum absolute atomic E-state index is 13.9. The number of carbonyl (C=O) groups excluding carboxylic acids is 2. The van der Waals surface area contributed by atoms with Crippen molar-refractivity contribution in [1.82, 2.24) is 25.2 Å². The van der Waals surface area contributed by atoms with Gasteiger partial charge in [0.15, 0.2) is 0 Å². The van der Waals surface area contributed by atoms with Gasteiger partial charge in [-0.3, -0.25) is 9.59 Å². The number of thiophene rings is 1. The third-order valence-corrected chi connectivity index (χ3v) is 7.13. The zero-order chi connectivity index (χ0) is 25.7. The number of rotatable bonds is 10. The Kier molecular flexibility index (Phi) is 7.69. The zero-order valence-electron chi connectivity index (χ0n) is 21.0. The number of benzene rings is 2. The molecule has 0 bridgehead atoms. The Hall–Kier alpha value is -3.72. The highest BCUT2D eigenvalue weighted by atomic mass is 32.1. The number of methoxy groups -OCH3 is 1. The average Bonchev–Trinajstić information content (AvgIpc) is 3.54.